The number of nitrogens with zero attached hydrogens (tertiary/aromatic N) is 3. The van der Waals surface area contributed by atoms with Crippen LogP contribution in [0.5, 0.6) is 0 Å². The third kappa shape index (κ3) is 2.95. The van der Waals surface area contributed by atoms with Gasteiger partial charge >= 0.3 is 0 Å². The number of guanidine groups is 1. The van der Waals surface area contributed by atoms with Gasteiger partial charge in [0.25, 0.3) is 5.91 Å². The van der Waals surface area contributed by atoms with Crippen LogP contribution < -0.4 is 11.1 Å². The first-order chi connectivity index (χ1) is 10.6. The Morgan fingerprint density at radius 1 is 1.23 bits per heavy atom. The summed E-state index contributed by atoms with van der Waals surface area (Å²) < 4.78 is 1.73. The van der Waals surface area contributed by atoms with E-state index in [4.69, 9.17) is 5.73 Å². The number of fused-ring (bicyclic) bond motifs is 1. The maximum atomic E-state index is 12.0. The summed E-state index contributed by atoms with van der Waals surface area (Å²) in [6, 6.07) is 14.4. The quantitative estimate of drug-likeness (QED) is 0.559. The highest BCUT2D eigenvalue weighted by atomic mass is 16.1. The predicted molar refractivity (Wildman–Crippen MR) is 85.9 cm³/mol. The lowest BCUT2D eigenvalue weighted by molar-refractivity contribution is 0.0976. The molecule has 1 aromatic heterocycles. The smallest absolute Gasteiger partial charge is 0.257 e. The number of aromatic nitrogens is 2. The minimum absolute atomic E-state index is 0.0455. The highest BCUT2D eigenvalue weighted by Gasteiger charge is 2.06. The van der Waals surface area contributed by atoms with E-state index in [9.17, 15) is 4.79 Å². The molecule has 3 N–H and O–H groups in total. The second kappa shape index (κ2) is 5.69. The first-order valence-corrected chi connectivity index (χ1v) is 6.76. The molecule has 0 saturated carbocycles. The van der Waals surface area contributed by atoms with Crippen molar-refractivity contribution in [3.05, 3.63) is 60.3 Å². The summed E-state index contributed by atoms with van der Waals surface area (Å²) in [7, 11) is 1.86. The van der Waals surface area contributed by atoms with Gasteiger partial charge in [0.2, 0.25) is 5.96 Å². The van der Waals surface area contributed by atoms with Crippen molar-refractivity contribution in [1.29, 1.82) is 0 Å². The number of carbonyl (C=O) groups is 1. The van der Waals surface area contributed by atoms with Gasteiger partial charge in [-0.25, -0.2) is 4.99 Å². The molecule has 1 heterocycles. The first kappa shape index (κ1) is 13.8. The van der Waals surface area contributed by atoms with E-state index in [1.54, 1.807) is 28.9 Å². The summed E-state index contributed by atoms with van der Waals surface area (Å²) in [5.74, 6) is -0.245. The SMILES string of the molecule is Cn1cc2ccc(N=C(N)NC(=O)c3ccccc3)cc2n1. The molecule has 0 fully saturated rings. The standard InChI is InChI=1S/C16H15N5O/c1-21-10-12-7-8-13(9-14(12)20-21)18-16(17)19-15(22)11-5-3-2-4-6-11/h2-10H,1H3,(H3,17,18,19,22). The molecule has 0 bridgehead atoms. The van der Waals surface area contributed by atoms with Gasteiger partial charge in [0.15, 0.2) is 0 Å². The molecule has 0 saturated heterocycles. The van der Waals surface area contributed by atoms with Gasteiger partial charge in [-0.3, -0.25) is 14.8 Å². The van der Waals surface area contributed by atoms with Crippen LogP contribution in [0.4, 0.5) is 5.69 Å². The molecule has 0 spiro atoms. The first-order valence-electron chi connectivity index (χ1n) is 6.76. The van der Waals surface area contributed by atoms with Crippen molar-refractivity contribution in [2.75, 3.05) is 0 Å². The van der Waals surface area contributed by atoms with Crippen LogP contribution >= 0.6 is 0 Å². The fourth-order valence-corrected chi connectivity index (χ4v) is 2.14. The van der Waals surface area contributed by atoms with Crippen molar-refractivity contribution in [2.45, 2.75) is 0 Å². The fraction of sp³-hybridized carbons (Fsp3) is 0.0625. The average Bonchev–Trinajstić information content (AvgIpc) is 2.87. The number of nitrogens with two attached hydrogens (primary N) is 1. The molecular weight excluding hydrogens is 278 g/mol. The molecule has 0 atom stereocenters. The molecule has 110 valence electrons. The number of aryl methyl sites for hydroxylation is 1. The van der Waals surface area contributed by atoms with Gasteiger partial charge in [-0.2, -0.15) is 5.10 Å². The molecule has 2 aromatic carbocycles. The lowest BCUT2D eigenvalue weighted by atomic mass is 10.2. The van der Waals surface area contributed by atoms with Crippen molar-refractivity contribution in [3.63, 3.8) is 0 Å². The molecular formula is C16H15N5O. The molecule has 0 unspecified atom stereocenters. The number of amides is 1. The number of carbonyl (C=O) groups excluding carboxylic acids is 1. The Morgan fingerprint density at radius 2 is 2.00 bits per heavy atom. The number of hydrogen-bond donors (Lipinski definition) is 2. The van der Waals surface area contributed by atoms with E-state index in [2.05, 4.69) is 15.4 Å². The van der Waals surface area contributed by atoms with E-state index in [0.29, 0.717) is 11.3 Å². The highest BCUT2D eigenvalue weighted by Crippen LogP contribution is 2.19. The lowest BCUT2D eigenvalue weighted by Crippen LogP contribution is -2.36. The fourth-order valence-electron chi connectivity index (χ4n) is 2.14. The van der Waals surface area contributed by atoms with E-state index in [1.165, 1.54) is 0 Å². The Labute approximate surface area is 127 Å². The largest absolute Gasteiger partial charge is 0.369 e. The van der Waals surface area contributed by atoms with Crippen molar-refractivity contribution >= 4 is 28.5 Å². The molecule has 0 aliphatic heterocycles. The second-order valence-corrected chi connectivity index (χ2v) is 4.86. The third-order valence-corrected chi connectivity index (χ3v) is 3.13. The van der Waals surface area contributed by atoms with Gasteiger partial charge < -0.3 is 5.73 Å². The molecule has 0 radical (unpaired) electrons. The van der Waals surface area contributed by atoms with Gasteiger partial charge in [-0.05, 0) is 30.3 Å². The summed E-state index contributed by atoms with van der Waals surface area (Å²) in [5.41, 5.74) is 7.78. The van der Waals surface area contributed by atoms with Crippen LogP contribution in [0.2, 0.25) is 0 Å². The van der Waals surface area contributed by atoms with Crippen molar-refractivity contribution in [1.82, 2.24) is 15.1 Å². The Balaban J connectivity index is 1.79. The number of hydrogen-bond acceptors (Lipinski definition) is 3. The van der Waals surface area contributed by atoms with E-state index < -0.39 is 0 Å². The third-order valence-electron chi connectivity index (χ3n) is 3.13. The van der Waals surface area contributed by atoms with E-state index in [1.807, 2.05) is 37.5 Å². The van der Waals surface area contributed by atoms with Gasteiger partial charge in [-0.1, -0.05) is 18.2 Å². The number of aliphatic imine (C=N–C) groups is 1. The van der Waals surface area contributed by atoms with Crippen LogP contribution in [0.15, 0.2) is 59.7 Å². The van der Waals surface area contributed by atoms with E-state index >= 15 is 0 Å². The van der Waals surface area contributed by atoms with Crippen LogP contribution in [0.25, 0.3) is 10.9 Å². The molecule has 1 amide bonds. The minimum Gasteiger partial charge on any atom is -0.369 e. The molecule has 22 heavy (non-hydrogen) atoms. The van der Waals surface area contributed by atoms with E-state index in [0.717, 1.165) is 10.9 Å². The molecule has 3 rings (SSSR count). The molecule has 3 aromatic rings. The number of nitrogens with one attached hydrogen (secondary N) is 1. The van der Waals surface area contributed by atoms with Crippen LogP contribution in [-0.2, 0) is 7.05 Å². The summed E-state index contributed by atoms with van der Waals surface area (Å²) in [6.07, 6.45) is 1.92. The van der Waals surface area contributed by atoms with Gasteiger partial charge in [0.1, 0.15) is 0 Å². The molecule has 0 aliphatic carbocycles. The average molecular weight is 293 g/mol. The normalized spacial score (nSPS) is 11.6. The summed E-state index contributed by atoms with van der Waals surface area (Å²) in [5, 5.41) is 7.89. The zero-order chi connectivity index (χ0) is 15.5. The summed E-state index contributed by atoms with van der Waals surface area (Å²) in [4.78, 5) is 16.2. The maximum Gasteiger partial charge on any atom is 0.257 e. The Morgan fingerprint density at radius 3 is 2.77 bits per heavy atom. The van der Waals surface area contributed by atoms with Gasteiger partial charge in [0.05, 0.1) is 11.2 Å². The molecule has 6 heteroatoms. The topological polar surface area (TPSA) is 85.3 Å². The monoisotopic (exact) mass is 293 g/mol. The van der Waals surface area contributed by atoms with Crippen molar-refractivity contribution in [2.24, 2.45) is 17.8 Å². The van der Waals surface area contributed by atoms with E-state index in [-0.39, 0.29) is 11.9 Å². The minimum atomic E-state index is -0.291. The van der Waals surface area contributed by atoms with Crippen LogP contribution in [0.1, 0.15) is 10.4 Å². The molecule has 0 aliphatic rings. The van der Waals surface area contributed by atoms with Crippen LogP contribution in [-0.4, -0.2) is 21.6 Å². The summed E-state index contributed by atoms with van der Waals surface area (Å²) >= 11 is 0. The Bertz CT molecular complexity index is 851. The predicted octanol–water partition coefficient (Wildman–Crippen LogP) is 1.95. The van der Waals surface area contributed by atoms with Crippen LogP contribution in [0, 0.1) is 0 Å². The molecule has 6 nitrogen and oxygen atoms in total. The number of rotatable bonds is 2. The zero-order valence-electron chi connectivity index (χ0n) is 12.0. The lowest BCUT2D eigenvalue weighted by Gasteiger charge is -2.04. The van der Waals surface area contributed by atoms with Crippen LogP contribution in [0.3, 0.4) is 0 Å². The van der Waals surface area contributed by atoms with Crippen molar-refractivity contribution < 1.29 is 4.79 Å². The zero-order valence-corrected chi connectivity index (χ0v) is 12.0. The maximum absolute atomic E-state index is 12.0. The highest BCUT2D eigenvalue weighted by molar-refractivity contribution is 6.05. The second-order valence-electron chi connectivity index (χ2n) is 4.86. The van der Waals surface area contributed by atoms with Gasteiger partial charge in [-0.15, -0.1) is 0 Å². The Hall–Kier alpha value is -3.15. The summed E-state index contributed by atoms with van der Waals surface area (Å²) in [6.45, 7) is 0. The van der Waals surface area contributed by atoms with Crippen molar-refractivity contribution in [3.8, 4) is 0 Å². The Kier molecular flexibility index (Phi) is 3.57. The number of benzene rings is 2. The van der Waals surface area contributed by atoms with Gasteiger partial charge in [0, 0.05) is 24.2 Å².